The van der Waals surface area contributed by atoms with E-state index in [9.17, 15) is 0 Å². The maximum absolute atomic E-state index is 3.61. The van der Waals surface area contributed by atoms with Crippen LogP contribution in [0.25, 0.3) is 0 Å². The number of nitrogens with zero attached hydrogens (tertiary/aromatic N) is 2. The number of rotatable bonds is 6. The fourth-order valence-electron chi connectivity index (χ4n) is 2.86. The number of piperidine rings is 1. The molecule has 1 aliphatic heterocycles. The molecule has 1 rings (SSSR count). The van der Waals surface area contributed by atoms with Crippen molar-refractivity contribution in [2.75, 3.05) is 39.8 Å². The van der Waals surface area contributed by atoms with Crippen molar-refractivity contribution < 1.29 is 0 Å². The van der Waals surface area contributed by atoms with E-state index in [1.807, 2.05) is 0 Å². The van der Waals surface area contributed by atoms with E-state index < -0.39 is 0 Å². The highest BCUT2D eigenvalue weighted by Crippen LogP contribution is 2.16. The van der Waals surface area contributed by atoms with Crippen LogP contribution in [0.2, 0.25) is 0 Å². The molecule has 0 saturated carbocycles. The average molecular weight is 269 g/mol. The topological polar surface area (TPSA) is 18.5 Å². The molecule has 0 bridgehead atoms. The third-order valence-electron chi connectivity index (χ3n) is 4.21. The third kappa shape index (κ3) is 6.73. The molecule has 3 nitrogen and oxygen atoms in total. The van der Waals surface area contributed by atoms with Crippen LogP contribution in [-0.4, -0.2) is 61.2 Å². The van der Waals surface area contributed by atoms with Gasteiger partial charge in [-0.1, -0.05) is 13.8 Å². The summed E-state index contributed by atoms with van der Waals surface area (Å²) in [4.78, 5) is 5.15. The molecule has 0 spiro atoms. The maximum atomic E-state index is 3.61. The summed E-state index contributed by atoms with van der Waals surface area (Å²) in [6.07, 6.45) is 2.67. The molecule has 3 heteroatoms. The van der Waals surface area contributed by atoms with Crippen LogP contribution in [0.4, 0.5) is 0 Å². The van der Waals surface area contributed by atoms with E-state index in [1.165, 1.54) is 39.0 Å². The summed E-state index contributed by atoms with van der Waals surface area (Å²) in [5, 5.41) is 3.61. The van der Waals surface area contributed by atoms with Gasteiger partial charge in [0.2, 0.25) is 0 Å². The van der Waals surface area contributed by atoms with Crippen molar-refractivity contribution in [3.05, 3.63) is 0 Å². The normalized spacial score (nSPS) is 21.0. The van der Waals surface area contributed by atoms with Crippen LogP contribution >= 0.6 is 0 Å². The second kappa shape index (κ2) is 7.61. The van der Waals surface area contributed by atoms with E-state index in [1.54, 1.807) is 0 Å². The predicted molar refractivity (Wildman–Crippen MR) is 84.7 cm³/mol. The van der Waals surface area contributed by atoms with Gasteiger partial charge in [0.15, 0.2) is 0 Å². The lowest BCUT2D eigenvalue weighted by atomic mass is 10.0. The van der Waals surface area contributed by atoms with E-state index >= 15 is 0 Å². The van der Waals surface area contributed by atoms with Gasteiger partial charge in [-0.3, -0.25) is 0 Å². The van der Waals surface area contributed by atoms with E-state index in [2.05, 4.69) is 56.8 Å². The molecule has 1 fully saturated rings. The summed E-state index contributed by atoms with van der Waals surface area (Å²) in [5.74, 6) is 0.716. The summed E-state index contributed by atoms with van der Waals surface area (Å²) >= 11 is 0. The van der Waals surface area contributed by atoms with Gasteiger partial charge < -0.3 is 15.1 Å². The molecule has 0 aliphatic carbocycles. The van der Waals surface area contributed by atoms with Crippen LogP contribution in [0.1, 0.15) is 47.5 Å². The lowest BCUT2D eigenvalue weighted by Crippen LogP contribution is -2.46. The molecule has 0 aromatic rings. The van der Waals surface area contributed by atoms with Gasteiger partial charge in [0.25, 0.3) is 0 Å². The molecule has 0 aromatic heterocycles. The van der Waals surface area contributed by atoms with Gasteiger partial charge in [-0.2, -0.15) is 0 Å². The monoisotopic (exact) mass is 269 g/mol. The zero-order valence-corrected chi connectivity index (χ0v) is 14.0. The molecular weight excluding hydrogens is 234 g/mol. The first kappa shape index (κ1) is 16.9. The highest BCUT2D eigenvalue weighted by molar-refractivity contribution is 4.79. The molecule has 1 aliphatic rings. The smallest absolute Gasteiger partial charge is 0.0117 e. The van der Waals surface area contributed by atoms with Gasteiger partial charge in [-0.05, 0) is 72.8 Å². The fraction of sp³-hybridized carbons (Fsp3) is 1.00. The maximum Gasteiger partial charge on any atom is 0.0117 e. The van der Waals surface area contributed by atoms with Gasteiger partial charge >= 0.3 is 0 Å². The van der Waals surface area contributed by atoms with Crippen molar-refractivity contribution in [3.63, 3.8) is 0 Å². The number of nitrogens with one attached hydrogen (secondary N) is 1. The molecular formula is C16H35N3. The lowest BCUT2D eigenvalue weighted by molar-refractivity contribution is 0.119. The fourth-order valence-corrected chi connectivity index (χ4v) is 2.86. The van der Waals surface area contributed by atoms with Gasteiger partial charge in [0, 0.05) is 18.1 Å². The highest BCUT2D eigenvalue weighted by atomic mass is 15.2. The van der Waals surface area contributed by atoms with Crippen molar-refractivity contribution in [2.24, 2.45) is 5.92 Å². The standard InChI is InChI=1S/C16H35N3/c1-7-19-10-8-15(9-11-19)18(6)13-14(2)12-17-16(3,4)5/h14-15,17H,7-13H2,1-6H3. The first-order valence-corrected chi connectivity index (χ1v) is 7.99. The number of hydrogen-bond donors (Lipinski definition) is 1. The Kier molecular flexibility index (Phi) is 6.78. The van der Waals surface area contributed by atoms with Crippen molar-refractivity contribution in [1.29, 1.82) is 0 Å². The summed E-state index contributed by atoms with van der Waals surface area (Å²) in [6.45, 7) is 17.4. The zero-order valence-electron chi connectivity index (χ0n) is 14.0. The summed E-state index contributed by atoms with van der Waals surface area (Å²) in [5.41, 5.74) is 0.235. The largest absolute Gasteiger partial charge is 0.312 e. The van der Waals surface area contributed by atoms with E-state index in [-0.39, 0.29) is 5.54 Å². The van der Waals surface area contributed by atoms with Gasteiger partial charge in [0.05, 0.1) is 0 Å². The number of hydrogen-bond acceptors (Lipinski definition) is 3. The summed E-state index contributed by atoms with van der Waals surface area (Å²) < 4.78 is 0. The Hall–Kier alpha value is -0.120. The first-order chi connectivity index (χ1) is 8.81. The minimum atomic E-state index is 0.235. The zero-order chi connectivity index (χ0) is 14.5. The molecule has 0 amide bonds. The van der Waals surface area contributed by atoms with E-state index in [4.69, 9.17) is 0 Å². The molecule has 0 radical (unpaired) electrons. The van der Waals surface area contributed by atoms with Crippen LogP contribution in [0.15, 0.2) is 0 Å². The minimum absolute atomic E-state index is 0.235. The van der Waals surface area contributed by atoms with E-state index in [0.29, 0.717) is 5.92 Å². The summed E-state index contributed by atoms with van der Waals surface area (Å²) in [7, 11) is 2.31. The van der Waals surface area contributed by atoms with Gasteiger partial charge in [-0.25, -0.2) is 0 Å². The molecule has 1 saturated heterocycles. The Morgan fingerprint density at radius 3 is 2.32 bits per heavy atom. The van der Waals surface area contributed by atoms with Crippen LogP contribution in [0.5, 0.6) is 0 Å². The average Bonchev–Trinajstić information content (AvgIpc) is 2.35. The third-order valence-corrected chi connectivity index (χ3v) is 4.21. The molecule has 1 atom stereocenters. The van der Waals surface area contributed by atoms with Crippen LogP contribution in [0, 0.1) is 5.92 Å². The quantitative estimate of drug-likeness (QED) is 0.799. The van der Waals surface area contributed by atoms with Crippen LogP contribution in [0.3, 0.4) is 0 Å². The summed E-state index contributed by atoms with van der Waals surface area (Å²) in [6, 6.07) is 0.792. The second-order valence-corrected chi connectivity index (χ2v) is 7.34. The van der Waals surface area contributed by atoms with E-state index in [0.717, 1.165) is 12.6 Å². The molecule has 1 unspecified atom stereocenters. The predicted octanol–water partition coefficient (Wildman–Crippen LogP) is 2.43. The Morgan fingerprint density at radius 2 is 1.84 bits per heavy atom. The van der Waals surface area contributed by atoms with Gasteiger partial charge in [0.1, 0.15) is 0 Å². The first-order valence-electron chi connectivity index (χ1n) is 7.99. The number of likely N-dealkylation sites (tertiary alicyclic amines) is 1. The SMILES string of the molecule is CCN1CCC(N(C)CC(C)CNC(C)(C)C)CC1. The highest BCUT2D eigenvalue weighted by Gasteiger charge is 2.22. The van der Waals surface area contributed by atoms with Gasteiger partial charge in [-0.15, -0.1) is 0 Å². The minimum Gasteiger partial charge on any atom is -0.312 e. The second-order valence-electron chi connectivity index (χ2n) is 7.34. The van der Waals surface area contributed by atoms with Crippen molar-refractivity contribution in [3.8, 4) is 0 Å². The Labute approximate surface area is 120 Å². The Bertz CT molecular complexity index is 239. The van der Waals surface area contributed by atoms with Crippen LogP contribution < -0.4 is 5.32 Å². The molecule has 0 aromatic carbocycles. The molecule has 114 valence electrons. The Balaban J connectivity index is 2.25. The molecule has 1 N–H and O–H groups in total. The van der Waals surface area contributed by atoms with Crippen molar-refractivity contribution >= 4 is 0 Å². The van der Waals surface area contributed by atoms with Crippen molar-refractivity contribution in [2.45, 2.75) is 59.0 Å². The Morgan fingerprint density at radius 1 is 1.26 bits per heavy atom. The molecule has 1 heterocycles. The molecule has 19 heavy (non-hydrogen) atoms. The van der Waals surface area contributed by atoms with Crippen molar-refractivity contribution in [1.82, 2.24) is 15.1 Å². The van der Waals surface area contributed by atoms with Crippen LogP contribution in [-0.2, 0) is 0 Å². The lowest BCUT2D eigenvalue weighted by Gasteiger charge is -2.37.